The third kappa shape index (κ3) is 2.92. The Bertz CT molecular complexity index is 627. The van der Waals surface area contributed by atoms with Gasteiger partial charge in [-0.1, -0.05) is 18.9 Å². The van der Waals surface area contributed by atoms with Gasteiger partial charge in [0.2, 0.25) is 10.0 Å². The van der Waals surface area contributed by atoms with Crippen molar-refractivity contribution in [2.45, 2.75) is 56.4 Å². The second kappa shape index (κ2) is 6.01. The van der Waals surface area contributed by atoms with Gasteiger partial charge in [0.1, 0.15) is 0 Å². The number of sulfonamides is 1. The zero-order chi connectivity index (χ0) is 15.0. The number of nitrogens with zero attached hydrogens (tertiary/aromatic N) is 1. The minimum atomic E-state index is -3.39. The van der Waals surface area contributed by atoms with E-state index in [0.29, 0.717) is 21.8 Å². The van der Waals surface area contributed by atoms with Crippen LogP contribution in [-0.4, -0.2) is 25.3 Å². The lowest BCUT2D eigenvalue weighted by atomic mass is 9.79. The molecule has 2 atom stereocenters. The summed E-state index contributed by atoms with van der Waals surface area (Å²) in [7, 11) is -3.39. The van der Waals surface area contributed by atoms with Crippen LogP contribution < -0.4 is 0 Å². The molecule has 2 fully saturated rings. The molecule has 1 aromatic rings. The van der Waals surface area contributed by atoms with E-state index in [-0.39, 0.29) is 6.04 Å². The second-order valence-corrected chi connectivity index (χ2v) is 9.02. The van der Waals surface area contributed by atoms with Gasteiger partial charge in [0.15, 0.2) is 0 Å². The maximum Gasteiger partial charge on any atom is 0.244 e. The van der Waals surface area contributed by atoms with Crippen LogP contribution in [0.5, 0.6) is 0 Å². The van der Waals surface area contributed by atoms with Crippen molar-refractivity contribution < 1.29 is 8.42 Å². The smallest absolute Gasteiger partial charge is 0.207 e. The Morgan fingerprint density at radius 2 is 1.86 bits per heavy atom. The summed E-state index contributed by atoms with van der Waals surface area (Å²) in [4.78, 5) is 0.416. The highest BCUT2D eigenvalue weighted by atomic mass is 79.9. The molecule has 21 heavy (non-hydrogen) atoms. The number of benzene rings is 1. The molecule has 0 radical (unpaired) electrons. The van der Waals surface area contributed by atoms with Crippen LogP contribution in [0.3, 0.4) is 0 Å². The Labute approximate surface area is 135 Å². The van der Waals surface area contributed by atoms with Crippen molar-refractivity contribution in [1.82, 2.24) is 4.31 Å². The van der Waals surface area contributed by atoms with Crippen molar-refractivity contribution in [3.05, 3.63) is 28.2 Å². The number of fused-ring (bicyclic) bond motifs is 1. The van der Waals surface area contributed by atoms with Crippen molar-refractivity contribution in [2.24, 2.45) is 5.92 Å². The molecule has 1 aliphatic carbocycles. The topological polar surface area (TPSA) is 37.4 Å². The van der Waals surface area contributed by atoms with Crippen LogP contribution in [-0.2, 0) is 10.0 Å². The Hall–Kier alpha value is -0.390. The number of halogens is 1. The lowest BCUT2D eigenvalue weighted by Crippen LogP contribution is -2.49. The Balaban J connectivity index is 1.96. The number of piperidine rings is 1. The predicted octanol–water partition coefficient (Wildman–Crippen LogP) is 4.10. The summed E-state index contributed by atoms with van der Waals surface area (Å²) < 4.78 is 28.6. The molecule has 0 N–H and O–H groups in total. The summed E-state index contributed by atoms with van der Waals surface area (Å²) in [6, 6.07) is 5.71. The van der Waals surface area contributed by atoms with Gasteiger partial charge >= 0.3 is 0 Å². The van der Waals surface area contributed by atoms with Gasteiger partial charge in [-0.25, -0.2) is 8.42 Å². The molecular weight excluding hydrogens is 350 g/mol. The summed E-state index contributed by atoms with van der Waals surface area (Å²) in [5.74, 6) is 0.562. The normalized spacial score (nSPS) is 27.3. The van der Waals surface area contributed by atoms with Gasteiger partial charge < -0.3 is 0 Å². The van der Waals surface area contributed by atoms with E-state index in [2.05, 4.69) is 15.9 Å². The van der Waals surface area contributed by atoms with Gasteiger partial charge in [0.05, 0.1) is 4.90 Å². The fourth-order valence-corrected chi connectivity index (χ4v) is 6.73. The van der Waals surface area contributed by atoms with E-state index in [0.717, 1.165) is 24.8 Å². The van der Waals surface area contributed by atoms with Gasteiger partial charge in [-0.15, -0.1) is 0 Å². The highest BCUT2D eigenvalue weighted by Crippen LogP contribution is 2.39. The maximum atomic E-state index is 13.1. The van der Waals surface area contributed by atoms with E-state index in [1.165, 1.54) is 19.3 Å². The van der Waals surface area contributed by atoms with Crippen LogP contribution >= 0.6 is 15.9 Å². The zero-order valence-corrected chi connectivity index (χ0v) is 14.8. The van der Waals surface area contributed by atoms with Crippen molar-refractivity contribution in [3.8, 4) is 0 Å². The summed E-state index contributed by atoms with van der Waals surface area (Å²) >= 11 is 3.43. The van der Waals surface area contributed by atoms with Gasteiger partial charge in [-0.3, -0.25) is 0 Å². The molecule has 2 aliphatic rings. The van der Waals surface area contributed by atoms with Gasteiger partial charge in [-0.05, 0) is 72.2 Å². The first kappa shape index (κ1) is 15.5. The van der Waals surface area contributed by atoms with Gasteiger partial charge in [0, 0.05) is 17.1 Å². The van der Waals surface area contributed by atoms with Crippen molar-refractivity contribution in [1.29, 1.82) is 0 Å². The van der Waals surface area contributed by atoms with Crippen molar-refractivity contribution in [3.63, 3.8) is 0 Å². The highest BCUT2D eigenvalue weighted by Gasteiger charge is 2.40. The summed E-state index contributed by atoms with van der Waals surface area (Å²) in [5, 5.41) is 0. The fraction of sp³-hybridized carbons (Fsp3) is 0.625. The Kier molecular flexibility index (Phi) is 4.44. The Morgan fingerprint density at radius 1 is 1.14 bits per heavy atom. The van der Waals surface area contributed by atoms with Crippen LogP contribution in [0.25, 0.3) is 0 Å². The van der Waals surface area contributed by atoms with Crippen LogP contribution in [0, 0.1) is 12.8 Å². The van der Waals surface area contributed by atoms with Crippen molar-refractivity contribution in [2.75, 3.05) is 6.54 Å². The van der Waals surface area contributed by atoms with Crippen LogP contribution in [0.2, 0.25) is 0 Å². The standard InChI is InChI=1S/C16H22BrNO2S/c1-12-8-9-16(14(17)11-12)21(19,20)18-10-4-6-13-5-2-3-7-15(13)18/h8-9,11,13,15H,2-7,10H2,1H3/t13-,15-/m1/s1. The third-order valence-electron chi connectivity index (χ3n) is 4.87. The summed E-state index contributed by atoms with van der Waals surface area (Å²) in [6.07, 6.45) is 6.79. The SMILES string of the molecule is Cc1ccc(S(=O)(=O)N2CCC[C@H]3CCCC[C@H]32)c(Br)c1. The molecule has 0 bridgehead atoms. The predicted molar refractivity (Wildman–Crippen MR) is 87.8 cm³/mol. The molecule has 0 unspecified atom stereocenters. The Morgan fingerprint density at radius 3 is 2.62 bits per heavy atom. The average Bonchev–Trinajstić information content (AvgIpc) is 2.46. The molecular formula is C16H22BrNO2S. The minimum absolute atomic E-state index is 0.214. The molecule has 1 aromatic carbocycles. The number of aryl methyl sites for hydroxylation is 1. The first-order chi connectivity index (χ1) is 10.00. The van der Waals surface area contributed by atoms with E-state index in [4.69, 9.17) is 0 Å². The quantitative estimate of drug-likeness (QED) is 0.784. The molecule has 3 rings (SSSR count). The van der Waals surface area contributed by atoms with E-state index in [9.17, 15) is 8.42 Å². The molecule has 1 saturated carbocycles. The van der Waals surface area contributed by atoms with Crippen molar-refractivity contribution >= 4 is 26.0 Å². The van der Waals surface area contributed by atoms with Crippen LogP contribution in [0.15, 0.2) is 27.6 Å². The van der Waals surface area contributed by atoms with E-state index < -0.39 is 10.0 Å². The molecule has 5 heteroatoms. The second-order valence-electron chi connectivity index (χ2n) is 6.30. The molecule has 1 saturated heterocycles. The molecule has 1 heterocycles. The minimum Gasteiger partial charge on any atom is -0.207 e. The maximum absolute atomic E-state index is 13.1. The first-order valence-corrected chi connectivity index (χ1v) is 10.0. The van der Waals surface area contributed by atoms with E-state index in [1.54, 1.807) is 10.4 Å². The van der Waals surface area contributed by atoms with E-state index >= 15 is 0 Å². The average molecular weight is 372 g/mol. The zero-order valence-electron chi connectivity index (χ0n) is 12.4. The number of hydrogen-bond donors (Lipinski definition) is 0. The molecule has 0 amide bonds. The summed E-state index contributed by atoms with van der Waals surface area (Å²) in [6.45, 7) is 2.64. The first-order valence-electron chi connectivity index (χ1n) is 7.78. The fourth-order valence-electron chi connectivity index (χ4n) is 3.82. The number of rotatable bonds is 2. The molecule has 0 spiro atoms. The largest absolute Gasteiger partial charge is 0.244 e. The highest BCUT2D eigenvalue weighted by molar-refractivity contribution is 9.10. The summed E-state index contributed by atoms with van der Waals surface area (Å²) in [5.41, 5.74) is 1.06. The van der Waals surface area contributed by atoms with E-state index in [1.807, 2.05) is 19.1 Å². The number of hydrogen-bond acceptors (Lipinski definition) is 2. The lowest BCUT2D eigenvalue weighted by Gasteiger charge is -2.43. The van der Waals surface area contributed by atoms with Crippen LogP contribution in [0.4, 0.5) is 0 Å². The van der Waals surface area contributed by atoms with Gasteiger partial charge in [-0.2, -0.15) is 4.31 Å². The molecule has 1 aliphatic heterocycles. The third-order valence-corrected chi connectivity index (χ3v) is 7.77. The monoisotopic (exact) mass is 371 g/mol. The van der Waals surface area contributed by atoms with Gasteiger partial charge in [0.25, 0.3) is 0 Å². The molecule has 116 valence electrons. The molecule has 3 nitrogen and oxygen atoms in total. The van der Waals surface area contributed by atoms with Crippen LogP contribution in [0.1, 0.15) is 44.1 Å². The molecule has 0 aromatic heterocycles. The lowest BCUT2D eigenvalue weighted by molar-refractivity contribution is 0.129.